The van der Waals surface area contributed by atoms with Crippen LogP contribution in [0, 0.1) is 10.1 Å². The maximum Gasteiger partial charge on any atom is 0.269 e. The number of nitro groups is 1. The van der Waals surface area contributed by atoms with Crippen LogP contribution in [-0.4, -0.2) is 36.4 Å². The fraction of sp³-hybridized carbons (Fsp3) is 0.125. The van der Waals surface area contributed by atoms with E-state index in [1.807, 2.05) is 0 Å². The van der Waals surface area contributed by atoms with Gasteiger partial charge < -0.3 is 5.32 Å². The average molecular weight is 408 g/mol. The Morgan fingerprint density at radius 1 is 1.07 bits per heavy atom. The lowest BCUT2D eigenvalue weighted by molar-refractivity contribution is -0.384. The highest BCUT2D eigenvalue weighted by Crippen LogP contribution is 2.22. The third kappa shape index (κ3) is 4.48. The first kappa shape index (κ1) is 19.0. The molecule has 0 atom stereocenters. The molecule has 0 saturated carbocycles. The number of rotatable bonds is 7. The van der Waals surface area contributed by atoms with Gasteiger partial charge in [-0.3, -0.25) is 10.1 Å². The second-order valence-corrected chi connectivity index (χ2v) is 7.66. The van der Waals surface area contributed by atoms with Gasteiger partial charge in [-0.15, -0.1) is 0 Å². The zero-order valence-corrected chi connectivity index (χ0v) is 15.4. The molecule has 3 aromatic rings. The Hall–Kier alpha value is -2.82. The maximum absolute atomic E-state index is 12.2. The highest BCUT2D eigenvalue weighted by Gasteiger charge is 2.15. The first-order valence-corrected chi connectivity index (χ1v) is 9.61. The van der Waals surface area contributed by atoms with Crippen LogP contribution >= 0.6 is 11.6 Å². The molecule has 2 aromatic carbocycles. The van der Waals surface area contributed by atoms with Gasteiger partial charge in [0.1, 0.15) is 12.1 Å². The summed E-state index contributed by atoms with van der Waals surface area (Å²) in [5.74, 6) is 0.561. The number of nitrogens with one attached hydrogen (secondary N) is 2. The summed E-state index contributed by atoms with van der Waals surface area (Å²) >= 11 is 5.94. The van der Waals surface area contributed by atoms with Crippen molar-refractivity contribution in [3.8, 4) is 0 Å². The van der Waals surface area contributed by atoms with Gasteiger partial charge in [-0.1, -0.05) is 11.6 Å². The van der Waals surface area contributed by atoms with Crippen molar-refractivity contribution < 1.29 is 13.3 Å². The van der Waals surface area contributed by atoms with Crippen LogP contribution in [0.4, 0.5) is 11.5 Å². The van der Waals surface area contributed by atoms with Crippen molar-refractivity contribution in [3.05, 3.63) is 63.9 Å². The van der Waals surface area contributed by atoms with Crippen molar-refractivity contribution in [1.82, 2.24) is 14.7 Å². The van der Waals surface area contributed by atoms with E-state index in [0.29, 0.717) is 16.4 Å². The van der Waals surface area contributed by atoms with Crippen molar-refractivity contribution in [1.29, 1.82) is 0 Å². The molecule has 1 heterocycles. The summed E-state index contributed by atoms with van der Waals surface area (Å²) in [6, 6.07) is 9.87. The minimum absolute atomic E-state index is 0.0461. The second kappa shape index (κ2) is 7.82. The Morgan fingerprint density at radius 2 is 1.81 bits per heavy atom. The smallest absolute Gasteiger partial charge is 0.269 e. The van der Waals surface area contributed by atoms with Gasteiger partial charge in [0.15, 0.2) is 0 Å². The Morgan fingerprint density at radius 3 is 2.52 bits per heavy atom. The van der Waals surface area contributed by atoms with E-state index in [9.17, 15) is 18.5 Å². The van der Waals surface area contributed by atoms with Crippen LogP contribution in [0.15, 0.2) is 53.7 Å². The summed E-state index contributed by atoms with van der Waals surface area (Å²) in [7, 11) is -3.77. The summed E-state index contributed by atoms with van der Waals surface area (Å²) in [6.07, 6.45) is 1.39. The van der Waals surface area contributed by atoms with E-state index in [1.54, 1.807) is 18.2 Å². The van der Waals surface area contributed by atoms with Crippen LogP contribution in [0.3, 0.4) is 0 Å². The summed E-state index contributed by atoms with van der Waals surface area (Å²) in [4.78, 5) is 18.3. The first-order chi connectivity index (χ1) is 12.9. The molecule has 0 aliphatic rings. The van der Waals surface area contributed by atoms with Gasteiger partial charge in [-0.2, -0.15) is 0 Å². The van der Waals surface area contributed by atoms with E-state index in [1.165, 1.54) is 18.5 Å². The molecule has 0 aliphatic heterocycles. The number of nitro benzene ring substituents is 1. The molecule has 0 spiro atoms. The summed E-state index contributed by atoms with van der Waals surface area (Å²) in [5.41, 5.74) is 0.498. The molecule has 1 aromatic heterocycles. The largest absolute Gasteiger partial charge is 0.368 e. The number of hydrogen-bond donors (Lipinski definition) is 2. The molecule has 140 valence electrons. The molecule has 0 aliphatic carbocycles. The number of nitrogens with zero attached hydrogens (tertiary/aromatic N) is 3. The van der Waals surface area contributed by atoms with Crippen LogP contribution in [0.2, 0.25) is 5.02 Å². The van der Waals surface area contributed by atoms with Crippen molar-refractivity contribution in [2.75, 3.05) is 18.4 Å². The lowest BCUT2D eigenvalue weighted by Crippen LogP contribution is -2.29. The lowest BCUT2D eigenvalue weighted by atomic mass is 10.2. The lowest BCUT2D eigenvalue weighted by Gasteiger charge is -2.10. The predicted molar refractivity (Wildman–Crippen MR) is 101 cm³/mol. The Bertz CT molecular complexity index is 1090. The number of anilines is 1. The average Bonchev–Trinajstić information content (AvgIpc) is 2.65. The van der Waals surface area contributed by atoms with Gasteiger partial charge >= 0.3 is 0 Å². The number of aromatic nitrogens is 2. The number of halogens is 1. The van der Waals surface area contributed by atoms with E-state index in [0.717, 1.165) is 17.5 Å². The van der Waals surface area contributed by atoms with E-state index >= 15 is 0 Å². The van der Waals surface area contributed by atoms with E-state index in [4.69, 9.17) is 11.6 Å². The topological polar surface area (TPSA) is 127 Å². The number of non-ortho nitro benzene ring substituents is 1. The number of hydrogen-bond acceptors (Lipinski definition) is 7. The van der Waals surface area contributed by atoms with Crippen LogP contribution in [0.1, 0.15) is 0 Å². The number of sulfonamides is 1. The van der Waals surface area contributed by atoms with Gasteiger partial charge in [0, 0.05) is 35.6 Å². The molecular weight excluding hydrogens is 394 g/mol. The van der Waals surface area contributed by atoms with Gasteiger partial charge in [-0.25, -0.2) is 23.1 Å². The fourth-order valence-corrected chi connectivity index (χ4v) is 3.57. The SMILES string of the molecule is O=[N+]([O-])c1ccc(S(=O)(=O)NCCNc2ncnc3cc(Cl)ccc23)cc1. The number of fused-ring (bicyclic) bond motifs is 1. The summed E-state index contributed by atoms with van der Waals surface area (Å²) < 4.78 is 26.9. The molecule has 0 unspecified atom stereocenters. The zero-order valence-electron chi connectivity index (χ0n) is 13.8. The molecule has 0 amide bonds. The molecule has 3 rings (SSSR count). The van der Waals surface area contributed by atoms with Crippen molar-refractivity contribution in [2.24, 2.45) is 0 Å². The molecule has 2 N–H and O–H groups in total. The van der Waals surface area contributed by atoms with Crippen LogP contribution in [0.5, 0.6) is 0 Å². The van der Waals surface area contributed by atoms with E-state index in [2.05, 4.69) is 20.0 Å². The van der Waals surface area contributed by atoms with Gasteiger partial charge in [0.05, 0.1) is 15.3 Å². The molecule has 0 fully saturated rings. The van der Waals surface area contributed by atoms with E-state index < -0.39 is 14.9 Å². The highest BCUT2D eigenvalue weighted by atomic mass is 35.5. The fourth-order valence-electron chi connectivity index (χ4n) is 2.37. The minimum Gasteiger partial charge on any atom is -0.368 e. The van der Waals surface area contributed by atoms with Crippen LogP contribution in [-0.2, 0) is 10.0 Å². The van der Waals surface area contributed by atoms with Gasteiger partial charge in [0.2, 0.25) is 10.0 Å². The molecule has 0 saturated heterocycles. The van der Waals surface area contributed by atoms with E-state index in [-0.39, 0.29) is 23.7 Å². The third-order valence-electron chi connectivity index (χ3n) is 3.67. The van der Waals surface area contributed by atoms with Crippen LogP contribution < -0.4 is 10.0 Å². The first-order valence-electron chi connectivity index (χ1n) is 7.75. The Labute approximate surface area is 159 Å². The second-order valence-electron chi connectivity index (χ2n) is 5.46. The maximum atomic E-state index is 12.2. The normalized spacial score (nSPS) is 11.4. The van der Waals surface area contributed by atoms with Crippen molar-refractivity contribution in [2.45, 2.75) is 4.90 Å². The Kier molecular flexibility index (Phi) is 5.49. The zero-order chi connectivity index (χ0) is 19.4. The van der Waals surface area contributed by atoms with Gasteiger partial charge in [-0.05, 0) is 30.3 Å². The molecule has 0 radical (unpaired) electrons. The standard InChI is InChI=1S/C16H14ClN5O4S/c17-11-1-6-14-15(9-11)19-10-20-16(14)18-7-8-21-27(25,26)13-4-2-12(3-5-13)22(23)24/h1-6,9-10,21H,7-8H2,(H,18,19,20). The molecular formula is C16H14ClN5O4S. The molecule has 27 heavy (non-hydrogen) atoms. The van der Waals surface area contributed by atoms with Crippen LogP contribution in [0.25, 0.3) is 10.9 Å². The minimum atomic E-state index is -3.77. The molecule has 0 bridgehead atoms. The van der Waals surface area contributed by atoms with Crippen molar-refractivity contribution in [3.63, 3.8) is 0 Å². The number of benzene rings is 2. The Balaban J connectivity index is 1.62. The van der Waals surface area contributed by atoms with Crippen molar-refractivity contribution >= 4 is 44.0 Å². The summed E-state index contributed by atoms with van der Waals surface area (Å²) in [5, 5.41) is 15.0. The molecule has 11 heteroatoms. The quantitative estimate of drug-likeness (QED) is 0.350. The predicted octanol–water partition coefficient (Wildman–Crippen LogP) is 2.58. The third-order valence-corrected chi connectivity index (χ3v) is 5.38. The monoisotopic (exact) mass is 407 g/mol. The molecule has 9 nitrogen and oxygen atoms in total. The highest BCUT2D eigenvalue weighted by molar-refractivity contribution is 7.89. The summed E-state index contributed by atoms with van der Waals surface area (Å²) in [6.45, 7) is 0.374. The van der Waals surface area contributed by atoms with Gasteiger partial charge in [0.25, 0.3) is 5.69 Å².